The number of amides is 1. The van der Waals surface area contributed by atoms with Crippen molar-refractivity contribution in [3.05, 3.63) is 58.3 Å². The van der Waals surface area contributed by atoms with Crippen LogP contribution in [0, 0.1) is 5.92 Å². The Morgan fingerprint density at radius 2 is 1.89 bits per heavy atom. The molecule has 2 N–H and O–H groups in total. The van der Waals surface area contributed by atoms with Crippen molar-refractivity contribution < 1.29 is 13.2 Å². The van der Waals surface area contributed by atoms with Gasteiger partial charge in [-0.25, -0.2) is 13.1 Å². The number of carbonyl (C=O) groups is 1. The Hall–Kier alpha value is -1.96. The summed E-state index contributed by atoms with van der Waals surface area (Å²) >= 11 is 1.64. The summed E-state index contributed by atoms with van der Waals surface area (Å²) in [6.07, 6.45) is 4.03. The SMILES string of the molecule is CCNS(=O)(=O)c1ccc(/C=C/C(=O)NC(CC(C)C)c2cccs2)cc1. The summed E-state index contributed by atoms with van der Waals surface area (Å²) in [5.74, 6) is 0.297. The Morgan fingerprint density at radius 3 is 2.44 bits per heavy atom. The van der Waals surface area contributed by atoms with Crippen LogP contribution in [0.15, 0.2) is 52.7 Å². The van der Waals surface area contributed by atoms with E-state index < -0.39 is 10.0 Å². The van der Waals surface area contributed by atoms with Gasteiger partial charge in [0.25, 0.3) is 0 Å². The molecule has 0 bridgehead atoms. The molecule has 2 aromatic rings. The van der Waals surface area contributed by atoms with Crippen molar-refractivity contribution >= 4 is 33.3 Å². The second-order valence-corrected chi connectivity index (χ2v) is 9.36. The standard InChI is InChI=1S/C20H26N2O3S2/c1-4-21-27(24,25)17-10-7-16(8-11-17)9-12-20(23)22-18(14-15(2)3)19-6-5-13-26-19/h5-13,15,18,21H,4,14H2,1-3H3,(H,22,23)/b12-9+. The molecule has 146 valence electrons. The van der Waals surface area contributed by atoms with Gasteiger partial charge in [0, 0.05) is 17.5 Å². The van der Waals surface area contributed by atoms with E-state index in [2.05, 4.69) is 23.9 Å². The van der Waals surface area contributed by atoms with Crippen LogP contribution in [0.2, 0.25) is 0 Å². The van der Waals surface area contributed by atoms with E-state index >= 15 is 0 Å². The molecule has 1 heterocycles. The Bertz CT molecular complexity index is 855. The van der Waals surface area contributed by atoms with Gasteiger partial charge < -0.3 is 5.32 Å². The molecule has 0 radical (unpaired) electrons. The molecule has 2 rings (SSSR count). The summed E-state index contributed by atoms with van der Waals surface area (Å²) in [5.41, 5.74) is 0.761. The molecule has 0 saturated carbocycles. The zero-order chi connectivity index (χ0) is 19.9. The van der Waals surface area contributed by atoms with E-state index in [-0.39, 0.29) is 16.8 Å². The molecule has 0 aliphatic carbocycles. The van der Waals surface area contributed by atoms with E-state index in [9.17, 15) is 13.2 Å². The Balaban J connectivity index is 2.03. The lowest BCUT2D eigenvalue weighted by Gasteiger charge is -2.18. The number of hydrogen-bond acceptors (Lipinski definition) is 4. The molecule has 7 heteroatoms. The lowest BCUT2D eigenvalue weighted by Crippen LogP contribution is -2.27. The molecular formula is C20H26N2O3S2. The van der Waals surface area contributed by atoms with Crippen LogP contribution >= 0.6 is 11.3 Å². The van der Waals surface area contributed by atoms with Crippen molar-refractivity contribution in [2.24, 2.45) is 5.92 Å². The second kappa shape index (κ2) is 9.82. The van der Waals surface area contributed by atoms with Gasteiger partial charge in [0.15, 0.2) is 0 Å². The first-order valence-electron chi connectivity index (χ1n) is 8.93. The number of carbonyl (C=O) groups excluding carboxylic acids is 1. The maximum Gasteiger partial charge on any atom is 0.244 e. The van der Waals surface area contributed by atoms with Crippen molar-refractivity contribution in [1.29, 1.82) is 0 Å². The predicted octanol–water partition coefficient (Wildman–Crippen LogP) is 3.96. The minimum Gasteiger partial charge on any atom is -0.345 e. The van der Waals surface area contributed by atoms with Crippen LogP contribution in [-0.4, -0.2) is 20.9 Å². The highest BCUT2D eigenvalue weighted by molar-refractivity contribution is 7.89. The van der Waals surface area contributed by atoms with E-state index in [1.54, 1.807) is 36.5 Å². The molecule has 5 nitrogen and oxygen atoms in total. The summed E-state index contributed by atoms with van der Waals surface area (Å²) in [7, 11) is -3.46. The summed E-state index contributed by atoms with van der Waals surface area (Å²) < 4.78 is 26.3. The topological polar surface area (TPSA) is 75.3 Å². The fourth-order valence-electron chi connectivity index (χ4n) is 2.63. The molecule has 1 aromatic heterocycles. The molecule has 0 aliphatic rings. The number of rotatable bonds is 9. The summed E-state index contributed by atoms with van der Waals surface area (Å²) in [4.78, 5) is 13.7. The highest BCUT2D eigenvalue weighted by Gasteiger charge is 2.16. The van der Waals surface area contributed by atoms with Crippen molar-refractivity contribution in [3.8, 4) is 0 Å². The monoisotopic (exact) mass is 406 g/mol. The predicted molar refractivity (Wildman–Crippen MR) is 111 cm³/mol. The van der Waals surface area contributed by atoms with Gasteiger partial charge in [0.05, 0.1) is 10.9 Å². The van der Waals surface area contributed by atoms with Crippen LogP contribution in [0.3, 0.4) is 0 Å². The van der Waals surface area contributed by atoms with Crippen molar-refractivity contribution in [2.45, 2.75) is 38.1 Å². The van der Waals surface area contributed by atoms with Gasteiger partial charge >= 0.3 is 0 Å². The van der Waals surface area contributed by atoms with Gasteiger partial charge in [-0.15, -0.1) is 11.3 Å². The quantitative estimate of drug-likeness (QED) is 0.619. The minimum atomic E-state index is -3.46. The van der Waals surface area contributed by atoms with E-state index in [1.807, 2.05) is 17.5 Å². The van der Waals surface area contributed by atoms with Gasteiger partial charge in [-0.05, 0) is 47.6 Å². The summed E-state index contributed by atoms with van der Waals surface area (Å²) in [6.45, 7) is 6.33. The lowest BCUT2D eigenvalue weighted by molar-refractivity contribution is -0.117. The number of benzene rings is 1. The zero-order valence-electron chi connectivity index (χ0n) is 15.8. The first kappa shape index (κ1) is 21.3. The van der Waals surface area contributed by atoms with Gasteiger partial charge in [-0.2, -0.15) is 0 Å². The minimum absolute atomic E-state index is 0.00483. The van der Waals surface area contributed by atoms with Crippen LogP contribution in [0.1, 0.15) is 43.7 Å². The Kier molecular flexibility index (Phi) is 7.77. The van der Waals surface area contributed by atoms with E-state index in [4.69, 9.17) is 0 Å². The molecule has 0 spiro atoms. The third-order valence-corrected chi connectivity index (χ3v) is 6.41. The van der Waals surface area contributed by atoms with E-state index in [1.165, 1.54) is 18.2 Å². The lowest BCUT2D eigenvalue weighted by atomic mass is 10.0. The maximum absolute atomic E-state index is 12.3. The summed E-state index contributed by atoms with van der Waals surface area (Å²) in [6, 6.07) is 10.4. The third-order valence-electron chi connectivity index (χ3n) is 3.86. The van der Waals surface area contributed by atoms with Crippen LogP contribution in [0.5, 0.6) is 0 Å². The second-order valence-electron chi connectivity index (χ2n) is 6.61. The van der Waals surface area contributed by atoms with Crippen molar-refractivity contribution in [2.75, 3.05) is 6.54 Å². The molecule has 1 aromatic carbocycles. The van der Waals surface area contributed by atoms with E-state index in [0.29, 0.717) is 12.5 Å². The molecule has 1 unspecified atom stereocenters. The van der Waals surface area contributed by atoms with Gasteiger partial charge in [-0.1, -0.05) is 39.0 Å². The number of hydrogen-bond donors (Lipinski definition) is 2. The van der Waals surface area contributed by atoms with Crippen LogP contribution in [0.4, 0.5) is 0 Å². The third kappa shape index (κ3) is 6.61. The van der Waals surface area contributed by atoms with Crippen LogP contribution in [-0.2, 0) is 14.8 Å². The maximum atomic E-state index is 12.3. The largest absolute Gasteiger partial charge is 0.345 e. The molecule has 1 amide bonds. The Labute approximate surface area is 165 Å². The highest BCUT2D eigenvalue weighted by Crippen LogP contribution is 2.25. The molecule has 0 aliphatic heterocycles. The summed E-state index contributed by atoms with van der Waals surface area (Å²) in [5, 5.41) is 5.06. The van der Waals surface area contributed by atoms with Gasteiger partial charge in [-0.3, -0.25) is 4.79 Å². The fourth-order valence-corrected chi connectivity index (χ4v) is 4.46. The average Bonchev–Trinajstić information content (AvgIpc) is 3.14. The van der Waals surface area contributed by atoms with Crippen molar-refractivity contribution in [1.82, 2.24) is 10.0 Å². The Morgan fingerprint density at radius 1 is 1.19 bits per heavy atom. The number of nitrogens with one attached hydrogen (secondary N) is 2. The fraction of sp³-hybridized carbons (Fsp3) is 0.350. The number of sulfonamides is 1. The zero-order valence-corrected chi connectivity index (χ0v) is 17.4. The van der Waals surface area contributed by atoms with Crippen LogP contribution in [0.25, 0.3) is 6.08 Å². The molecular weight excluding hydrogens is 380 g/mol. The number of thiophene rings is 1. The van der Waals surface area contributed by atoms with Gasteiger partial charge in [0.1, 0.15) is 0 Å². The average molecular weight is 407 g/mol. The smallest absolute Gasteiger partial charge is 0.244 e. The highest BCUT2D eigenvalue weighted by atomic mass is 32.2. The molecule has 1 atom stereocenters. The van der Waals surface area contributed by atoms with Gasteiger partial charge in [0.2, 0.25) is 15.9 Å². The molecule has 0 fully saturated rings. The van der Waals surface area contributed by atoms with E-state index in [0.717, 1.165) is 16.9 Å². The van der Waals surface area contributed by atoms with Crippen LogP contribution < -0.4 is 10.0 Å². The first-order chi connectivity index (χ1) is 12.8. The molecule has 27 heavy (non-hydrogen) atoms. The van der Waals surface area contributed by atoms with Crippen molar-refractivity contribution in [3.63, 3.8) is 0 Å². The first-order valence-corrected chi connectivity index (χ1v) is 11.3. The molecule has 0 saturated heterocycles. The normalized spacial score (nSPS) is 13.2.